The van der Waals surface area contributed by atoms with Crippen LogP contribution in [0, 0.1) is 6.92 Å². The van der Waals surface area contributed by atoms with E-state index in [0.717, 1.165) is 57.0 Å². The van der Waals surface area contributed by atoms with Crippen LogP contribution in [0.25, 0.3) is 0 Å². The molecule has 2 aliphatic heterocycles. The number of methoxy groups -OCH3 is 1. The third kappa shape index (κ3) is 4.70. The lowest BCUT2D eigenvalue weighted by Crippen LogP contribution is -2.46. The van der Waals surface area contributed by atoms with Gasteiger partial charge in [-0.25, -0.2) is 0 Å². The van der Waals surface area contributed by atoms with Gasteiger partial charge in [0.25, 0.3) is 0 Å². The number of carbonyl (C=O) groups excluding carboxylic acids is 1. The van der Waals surface area contributed by atoms with Crippen molar-refractivity contribution < 1.29 is 9.53 Å². The Labute approximate surface area is 177 Å². The number of piperazine rings is 1. The molecule has 2 aromatic carbocycles. The van der Waals surface area contributed by atoms with Crippen LogP contribution in [0.3, 0.4) is 0 Å². The normalized spacial score (nSPS) is 19.6. The molecule has 2 aliphatic rings. The first-order valence-electron chi connectivity index (χ1n) is 10.3. The highest BCUT2D eigenvalue weighted by Crippen LogP contribution is 2.37. The topological polar surface area (TPSA) is 44.8 Å². The van der Waals surface area contributed by atoms with Gasteiger partial charge in [0.2, 0.25) is 5.91 Å². The molecule has 0 aliphatic carbocycles. The van der Waals surface area contributed by atoms with E-state index < -0.39 is 0 Å². The summed E-state index contributed by atoms with van der Waals surface area (Å²) in [6.07, 6.45) is 1.96. The van der Waals surface area contributed by atoms with Crippen molar-refractivity contribution in [1.29, 1.82) is 0 Å². The van der Waals surface area contributed by atoms with Crippen molar-refractivity contribution in [2.24, 2.45) is 0 Å². The molecule has 0 spiro atoms. The summed E-state index contributed by atoms with van der Waals surface area (Å²) in [4.78, 5) is 18.5. The van der Waals surface area contributed by atoms with Crippen molar-refractivity contribution >= 4 is 29.0 Å². The lowest BCUT2D eigenvalue weighted by atomic mass is 10.1. The average molecular weight is 412 g/mol. The van der Waals surface area contributed by atoms with Crippen molar-refractivity contribution in [3.05, 3.63) is 48.0 Å². The average Bonchev–Trinajstić information content (AvgIpc) is 2.74. The second-order valence-corrected chi connectivity index (χ2v) is 8.98. The summed E-state index contributed by atoms with van der Waals surface area (Å²) in [5.74, 6) is 1.09. The van der Waals surface area contributed by atoms with Crippen LogP contribution in [-0.2, 0) is 4.79 Å². The highest BCUT2D eigenvalue weighted by molar-refractivity contribution is 8.01. The fourth-order valence-corrected chi connectivity index (χ4v) is 5.20. The van der Waals surface area contributed by atoms with Crippen molar-refractivity contribution in [3.63, 3.8) is 0 Å². The van der Waals surface area contributed by atoms with E-state index in [9.17, 15) is 4.79 Å². The van der Waals surface area contributed by atoms with Gasteiger partial charge in [0.15, 0.2) is 0 Å². The third-order valence-corrected chi connectivity index (χ3v) is 7.04. The lowest BCUT2D eigenvalue weighted by molar-refractivity contribution is -0.115. The Hall–Kier alpha value is -2.18. The van der Waals surface area contributed by atoms with E-state index in [0.29, 0.717) is 0 Å². The second kappa shape index (κ2) is 9.09. The molecular formula is C23H29N3O2S. The Balaban J connectivity index is 1.24. The zero-order valence-corrected chi connectivity index (χ0v) is 18.0. The summed E-state index contributed by atoms with van der Waals surface area (Å²) in [6, 6.07) is 14.5. The van der Waals surface area contributed by atoms with E-state index in [1.54, 1.807) is 18.9 Å². The van der Waals surface area contributed by atoms with Crippen LogP contribution in [0.15, 0.2) is 47.4 Å². The van der Waals surface area contributed by atoms with Crippen LogP contribution in [0.1, 0.15) is 18.4 Å². The molecule has 4 rings (SSSR count). The largest absolute Gasteiger partial charge is 0.495 e. The molecule has 2 aromatic rings. The Morgan fingerprint density at radius 1 is 1.14 bits per heavy atom. The standard InChI is InChI=1S/C23H29N3O2S/c1-17-9-10-21-18(16-17)24-23(27)22(29-21)8-5-11-25-12-14-26(15-13-25)19-6-3-4-7-20(19)28-2/h3-4,6-7,9-10,16,22H,5,8,11-15H2,1-2H3,(H,24,27). The molecule has 0 saturated carbocycles. The van der Waals surface area contributed by atoms with Crippen LogP contribution < -0.4 is 15.0 Å². The summed E-state index contributed by atoms with van der Waals surface area (Å²) in [5, 5.41) is 3.10. The molecule has 1 N–H and O–H groups in total. The van der Waals surface area contributed by atoms with Gasteiger partial charge in [-0.15, -0.1) is 11.8 Å². The predicted octanol–water partition coefficient (Wildman–Crippen LogP) is 4.02. The number of thioether (sulfide) groups is 1. The number of amides is 1. The number of rotatable bonds is 6. The van der Waals surface area contributed by atoms with Crippen molar-refractivity contribution in [2.45, 2.75) is 29.9 Å². The summed E-state index contributed by atoms with van der Waals surface area (Å²) in [5.41, 5.74) is 3.32. The number of ether oxygens (including phenoxy) is 1. The van der Waals surface area contributed by atoms with E-state index in [1.807, 2.05) is 12.1 Å². The van der Waals surface area contributed by atoms with Gasteiger partial charge in [0.05, 0.1) is 23.7 Å². The van der Waals surface area contributed by atoms with Gasteiger partial charge in [0, 0.05) is 31.1 Å². The summed E-state index contributed by atoms with van der Waals surface area (Å²) < 4.78 is 5.50. The van der Waals surface area contributed by atoms with E-state index in [4.69, 9.17) is 4.74 Å². The highest BCUT2D eigenvalue weighted by atomic mass is 32.2. The molecule has 6 heteroatoms. The smallest absolute Gasteiger partial charge is 0.237 e. The van der Waals surface area contributed by atoms with Crippen LogP contribution in [0.4, 0.5) is 11.4 Å². The molecular weight excluding hydrogens is 382 g/mol. The van der Waals surface area contributed by atoms with Gasteiger partial charge in [-0.3, -0.25) is 9.69 Å². The van der Waals surface area contributed by atoms with Crippen LogP contribution in [0.2, 0.25) is 0 Å². The third-order valence-electron chi connectivity index (χ3n) is 5.69. The maximum Gasteiger partial charge on any atom is 0.237 e. The minimum atomic E-state index is 0.0140. The van der Waals surface area contributed by atoms with E-state index in [1.165, 1.54) is 16.1 Å². The van der Waals surface area contributed by atoms with E-state index in [2.05, 4.69) is 52.4 Å². The zero-order chi connectivity index (χ0) is 20.2. The summed E-state index contributed by atoms with van der Waals surface area (Å²) >= 11 is 1.71. The summed E-state index contributed by atoms with van der Waals surface area (Å²) in [6.45, 7) is 7.20. The van der Waals surface area contributed by atoms with Gasteiger partial charge in [-0.1, -0.05) is 18.2 Å². The Bertz CT molecular complexity index is 865. The molecule has 1 amide bonds. The number of hydrogen-bond acceptors (Lipinski definition) is 5. The quantitative estimate of drug-likeness (QED) is 0.778. The number of fused-ring (bicyclic) bond motifs is 1. The monoisotopic (exact) mass is 411 g/mol. The van der Waals surface area contributed by atoms with Gasteiger partial charge in [0.1, 0.15) is 5.75 Å². The SMILES string of the molecule is COc1ccccc1N1CCN(CCCC2Sc3ccc(C)cc3NC2=O)CC1. The Morgan fingerprint density at radius 3 is 2.72 bits per heavy atom. The first kappa shape index (κ1) is 20.1. The highest BCUT2D eigenvalue weighted by Gasteiger charge is 2.27. The van der Waals surface area contributed by atoms with Crippen LogP contribution in [-0.4, -0.2) is 55.9 Å². The van der Waals surface area contributed by atoms with Crippen molar-refractivity contribution in [3.8, 4) is 5.75 Å². The number of benzene rings is 2. The number of carbonyl (C=O) groups is 1. The zero-order valence-electron chi connectivity index (χ0n) is 17.2. The fraction of sp³-hybridized carbons (Fsp3) is 0.435. The number of anilines is 2. The molecule has 2 heterocycles. The molecule has 154 valence electrons. The van der Waals surface area contributed by atoms with Crippen molar-refractivity contribution in [2.75, 3.05) is 50.1 Å². The number of nitrogens with one attached hydrogen (secondary N) is 1. The number of aryl methyl sites for hydroxylation is 1. The van der Waals surface area contributed by atoms with Crippen LogP contribution in [0.5, 0.6) is 5.75 Å². The first-order valence-corrected chi connectivity index (χ1v) is 11.2. The summed E-state index contributed by atoms with van der Waals surface area (Å²) in [7, 11) is 1.73. The number of para-hydroxylation sites is 2. The van der Waals surface area contributed by atoms with Crippen LogP contribution >= 0.6 is 11.8 Å². The first-order chi connectivity index (χ1) is 14.1. The van der Waals surface area contributed by atoms with E-state index in [-0.39, 0.29) is 11.2 Å². The molecule has 0 aromatic heterocycles. The number of hydrogen-bond donors (Lipinski definition) is 1. The molecule has 1 atom stereocenters. The predicted molar refractivity (Wildman–Crippen MR) is 120 cm³/mol. The van der Waals surface area contributed by atoms with E-state index >= 15 is 0 Å². The fourth-order valence-electron chi connectivity index (χ4n) is 4.06. The minimum Gasteiger partial charge on any atom is -0.495 e. The van der Waals surface area contributed by atoms with Gasteiger partial charge >= 0.3 is 0 Å². The maximum atomic E-state index is 12.4. The lowest BCUT2D eigenvalue weighted by Gasteiger charge is -2.36. The van der Waals surface area contributed by atoms with Gasteiger partial charge in [-0.05, 0) is 56.1 Å². The second-order valence-electron chi connectivity index (χ2n) is 7.74. The Morgan fingerprint density at radius 2 is 1.93 bits per heavy atom. The molecule has 1 fully saturated rings. The van der Waals surface area contributed by atoms with Crippen molar-refractivity contribution in [1.82, 2.24) is 4.90 Å². The molecule has 0 bridgehead atoms. The number of nitrogens with zero attached hydrogens (tertiary/aromatic N) is 2. The molecule has 0 radical (unpaired) electrons. The molecule has 5 nitrogen and oxygen atoms in total. The van der Waals surface area contributed by atoms with Gasteiger partial charge < -0.3 is 15.0 Å². The Kier molecular flexibility index (Phi) is 6.31. The molecule has 29 heavy (non-hydrogen) atoms. The molecule has 1 saturated heterocycles. The van der Waals surface area contributed by atoms with Gasteiger partial charge in [-0.2, -0.15) is 0 Å². The maximum absolute atomic E-state index is 12.4. The molecule has 1 unspecified atom stereocenters. The minimum absolute atomic E-state index is 0.0140.